The Morgan fingerprint density at radius 1 is 0.737 bits per heavy atom. The van der Waals surface area contributed by atoms with Gasteiger partial charge in [-0.1, -0.05) is 60.7 Å². The third kappa shape index (κ3) is 2.33. The number of hydrogen-bond donors (Lipinski definition) is 0. The minimum atomic E-state index is -0.320. The number of rotatable bonds is 2. The van der Waals surface area contributed by atoms with Crippen LogP contribution in [0.25, 0.3) is 5.57 Å². The van der Waals surface area contributed by atoms with Gasteiger partial charge in [-0.05, 0) is 17.2 Å². The third-order valence-electron chi connectivity index (χ3n) is 2.95. The average Bonchev–Trinajstić information content (AvgIpc) is 2.88. The summed E-state index contributed by atoms with van der Waals surface area (Å²) in [6.07, 6.45) is 3.17. The fourth-order valence-corrected chi connectivity index (χ4v) is 2.12. The SMILES string of the molecule is O=C1C=CC(=C(c2ccccc2)c2ccccc2)O1. The zero-order chi connectivity index (χ0) is 13.1. The molecule has 1 heterocycles. The third-order valence-corrected chi connectivity index (χ3v) is 2.95. The Kier molecular flexibility index (Phi) is 2.99. The molecule has 0 aliphatic carbocycles. The van der Waals surface area contributed by atoms with Crippen molar-refractivity contribution >= 4 is 11.5 Å². The quantitative estimate of drug-likeness (QED) is 0.759. The zero-order valence-corrected chi connectivity index (χ0v) is 10.2. The fourth-order valence-electron chi connectivity index (χ4n) is 2.12. The summed E-state index contributed by atoms with van der Waals surface area (Å²) in [5.74, 6) is 0.279. The first-order valence-electron chi connectivity index (χ1n) is 6.09. The van der Waals surface area contributed by atoms with Gasteiger partial charge >= 0.3 is 5.97 Å². The van der Waals surface area contributed by atoms with Crippen molar-refractivity contribution in [3.05, 3.63) is 89.7 Å². The highest BCUT2D eigenvalue weighted by atomic mass is 16.5. The molecule has 0 radical (unpaired) electrons. The van der Waals surface area contributed by atoms with Crippen LogP contribution in [0.1, 0.15) is 11.1 Å². The van der Waals surface area contributed by atoms with Crippen LogP contribution in [0.4, 0.5) is 0 Å². The van der Waals surface area contributed by atoms with Crippen LogP contribution in [0.5, 0.6) is 0 Å². The molecular weight excluding hydrogens is 236 g/mol. The van der Waals surface area contributed by atoms with Gasteiger partial charge < -0.3 is 4.74 Å². The fraction of sp³-hybridized carbons (Fsp3) is 0. The van der Waals surface area contributed by atoms with Crippen molar-refractivity contribution in [2.75, 3.05) is 0 Å². The normalized spacial score (nSPS) is 13.5. The van der Waals surface area contributed by atoms with E-state index in [0.717, 1.165) is 16.7 Å². The molecule has 19 heavy (non-hydrogen) atoms. The lowest BCUT2D eigenvalue weighted by atomic mass is 9.97. The van der Waals surface area contributed by atoms with E-state index in [9.17, 15) is 4.79 Å². The molecule has 2 nitrogen and oxygen atoms in total. The highest BCUT2D eigenvalue weighted by Gasteiger charge is 2.17. The highest BCUT2D eigenvalue weighted by molar-refractivity contribution is 5.92. The number of carbonyl (C=O) groups is 1. The summed E-state index contributed by atoms with van der Waals surface area (Å²) in [6.45, 7) is 0. The predicted molar refractivity (Wildman–Crippen MR) is 74.1 cm³/mol. The molecule has 0 aromatic heterocycles. The van der Waals surface area contributed by atoms with Gasteiger partial charge in [0.2, 0.25) is 0 Å². The molecule has 2 aromatic carbocycles. The second kappa shape index (κ2) is 4.94. The molecule has 2 aromatic rings. The van der Waals surface area contributed by atoms with Crippen LogP contribution in [0.3, 0.4) is 0 Å². The lowest BCUT2D eigenvalue weighted by molar-refractivity contribution is -0.132. The minimum Gasteiger partial charge on any atom is -0.423 e. The van der Waals surface area contributed by atoms with E-state index in [1.807, 2.05) is 60.7 Å². The molecule has 0 saturated heterocycles. The highest BCUT2D eigenvalue weighted by Crippen LogP contribution is 2.29. The largest absolute Gasteiger partial charge is 0.423 e. The molecule has 3 rings (SSSR count). The number of cyclic esters (lactones) is 1. The van der Waals surface area contributed by atoms with Crippen molar-refractivity contribution in [1.82, 2.24) is 0 Å². The van der Waals surface area contributed by atoms with Gasteiger partial charge in [0.25, 0.3) is 0 Å². The number of benzene rings is 2. The molecule has 1 aliphatic rings. The maximum Gasteiger partial charge on any atom is 0.336 e. The van der Waals surface area contributed by atoms with Crippen LogP contribution in [0, 0.1) is 0 Å². The standard InChI is InChI=1S/C17H12O2/c18-16-12-11-15(19-16)17(13-7-3-1-4-8-13)14-9-5-2-6-10-14/h1-12H. The monoisotopic (exact) mass is 248 g/mol. The summed E-state index contributed by atoms with van der Waals surface area (Å²) in [7, 11) is 0. The van der Waals surface area contributed by atoms with Crippen LogP contribution in [0.2, 0.25) is 0 Å². The maximum absolute atomic E-state index is 11.3. The van der Waals surface area contributed by atoms with Gasteiger partial charge in [-0.2, -0.15) is 0 Å². The summed E-state index contributed by atoms with van der Waals surface area (Å²) in [5.41, 5.74) is 2.99. The van der Waals surface area contributed by atoms with Crippen LogP contribution in [-0.2, 0) is 9.53 Å². The Morgan fingerprint density at radius 2 is 1.26 bits per heavy atom. The van der Waals surface area contributed by atoms with Gasteiger partial charge in [-0.15, -0.1) is 0 Å². The summed E-state index contributed by atoms with van der Waals surface area (Å²) < 4.78 is 5.26. The molecule has 0 spiro atoms. The molecule has 0 N–H and O–H groups in total. The summed E-state index contributed by atoms with van der Waals surface area (Å²) in [5, 5.41) is 0. The molecule has 0 unspecified atom stereocenters. The molecule has 0 bridgehead atoms. The molecule has 92 valence electrons. The average molecular weight is 248 g/mol. The first kappa shape index (κ1) is 11.5. The van der Waals surface area contributed by atoms with E-state index in [1.54, 1.807) is 6.08 Å². The van der Waals surface area contributed by atoms with Crippen molar-refractivity contribution in [1.29, 1.82) is 0 Å². The van der Waals surface area contributed by atoms with E-state index in [2.05, 4.69) is 0 Å². The van der Waals surface area contributed by atoms with E-state index in [-0.39, 0.29) is 5.97 Å². The van der Waals surface area contributed by atoms with E-state index in [1.165, 1.54) is 6.08 Å². The van der Waals surface area contributed by atoms with Crippen LogP contribution >= 0.6 is 0 Å². The Balaban J connectivity index is 2.18. The number of esters is 1. The Labute approximate surface area is 111 Å². The first-order chi connectivity index (χ1) is 9.34. The number of hydrogen-bond acceptors (Lipinski definition) is 2. The van der Waals surface area contributed by atoms with E-state index in [4.69, 9.17) is 4.74 Å². The molecular formula is C17H12O2. The smallest absolute Gasteiger partial charge is 0.336 e. The maximum atomic E-state index is 11.3. The van der Waals surface area contributed by atoms with Crippen molar-refractivity contribution in [2.24, 2.45) is 0 Å². The van der Waals surface area contributed by atoms with Crippen molar-refractivity contribution < 1.29 is 9.53 Å². The van der Waals surface area contributed by atoms with Gasteiger partial charge in [0.1, 0.15) is 5.76 Å². The minimum absolute atomic E-state index is 0.320. The molecule has 0 atom stereocenters. The first-order valence-corrected chi connectivity index (χ1v) is 6.09. The Hall–Kier alpha value is -2.61. The van der Waals surface area contributed by atoms with Crippen LogP contribution in [-0.4, -0.2) is 5.97 Å². The lowest BCUT2D eigenvalue weighted by Crippen LogP contribution is -1.96. The summed E-state index contributed by atoms with van der Waals surface area (Å²) in [6, 6.07) is 19.9. The second-order valence-electron chi connectivity index (χ2n) is 4.23. The predicted octanol–water partition coefficient (Wildman–Crippen LogP) is 3.56. The molecule has 1 aliphatic heterocycles. The van der Waals surface area contributed by atoms with Crippen LogP contribution in [0.15, 0.2) is 78.6 Å². The Bertz CT molecular complexity index is 611. The van der Waals surface area contributed by atoms with E-state index < -0.39 is 0 Å². The molecule has 0 saturated carbocycles. The van der Waals surface area contributed by atoms with Gasteiger partial charge in [-0.3, -0.25) is 0 Å². The number of carbonyl (C=O) groups excluding carboxylic acids is 1. The molecule has 0 amide bonds. The number of allylic oxidation sites excluding steroid dienone is 1. The molecule has 2 heteroatoms. The van der Waals surface area contributed by atoms with Crippen molar-refractivity contribution in [3.8, 4) is 0 Å². The topological polar surface area (TPSA) is 26.3 Å². The summed E-state index contributed by atoms with van der Waals surface area (Å²) in [4.78, 5) is 11.3. The van der Waals surface area contributed by atoms with Gasteiger partial charge in [0.15, 0.2) is 0 Å². The van der Waals surface area contributed by atoms with Gasteiger partial charge in [0.05, 0.1) is 0 Å². The van der Waals surface area contributed by atoms with Crippen molar-refractivity contribution in [3.63, 3.8) is 0 Å². The summed E-state index contributed by atoms with van der Waals surface area (Å²) >= 11 is 0. The van der Waals surface area contributed by atoms with Crippen molar-refractivity contribution in [2.45, 2.75) is 0 Å². The van der Waals surface area contributed by atoms with E-state index >= 15 is 0 Å². The van der Waals surface area contributed by atoms with Gasteiger partial charge in [-0.25, -0.2) is 4.79 Å². The lowest BCUT2D eigenvalue weighted by Gasteiger charge is -2.10. The van der Waals surface area contributed by atoms with Gasteiger partial charge in [0, 0.05) is 11.6 Å². The van der Waals surface area contributed by atoms with Crippen LogP contribution < -0.4 is 0 Å². The number of ether oxygens (including phenoxy) is 1. The second-order valence-corrected chi connectivity index (χ2v) is 4.23. The zero-order valence-electron chi connectivity index (χ0n) is 10.2. The Morgan fingerprint density at radius 3 is 1.68 bits per heavy atom. The molecule has 0 fully saturated rings. The van der Waals surface area contributed by atoms with E-state index in [0.29, 0.717) is 5.76 Å².